The second kappa shape index (κ2) is 9.47. The van der Waals surface area contributed by atoms with Gasteiger partial charge in [0.15, 0.2) is 5.78 Å². The lowest BCUT2D eigenvalue weighted by Crippen LogP contribution is -2.46. The Kier molecular flexibility index (Phi) is 7.48. The number of ether oxygens (including phenoxy) is 1. The third kappa shape index (κ3) is 4.08. The van der Waals surface area contributed by atoms with Crippen molar-refractivity contribution in [3.8, 4) is 11.5 Å². The number of allylic oxidation sites excluding steroid dienone is 1. The van der Waals surface area contributed by atoms with Crippen molar-refractivity contribution in [2.75, 3.05) is 0 Å². The maximum atomic E-state index is 12.7. The molecule has 0 saturated carbocycles. The standard InChI is InChI=1S/C20H8Br4Cl4O5/c21-5-1-3-7(8-9(20(31)32)13(26)15(28)14(27)12(8)25)4-2-6(22)17(30)11(24)19(4)33-18(3)10(23)16(5)29/h1-2,5,7,10,18,30H,(H,31,32). The number of rotatable bonds is 2. The van der Waals surface area contributed by atoms with Gasteiger partial charge in [-0.15, -0.1) is 0 Å². The number of phenolic OH excluding ortho intramolecular Hbond substituents is 1. The highest BCUT2D eigenvalue weighted by molar-refractivity contribution is 9.11. The summed E-state index contributed by atoms with van der Waals surface area (Å²) in [6, 6.07) is 1.58. The Morgan fingerprint density at radius 3 is 2.24 bits per heavy atom. The van der Waals surface area contributed by atoms with Gasteiger partial charge < -0.3 is 14.9 Å². The molecule has 0 saturated heterocycles. The second-order valence-electron chi connectivity index (χ2n) is 7.13. The van der Waals surface area contributed by atoms with E-state index in [-0.39, 0.29) is 53.0 Å². The highest BCUT2D eigenvalue weighted by Crippen LogP contribution is 2.57. The van der Waals surface area contributed by atoms with Gasteiger partial charge in [-0.1, -0.05) is 84.3 Å². The van der Waals surface area contributed by atoms with E-state index in [1.807, 2.05) is 0 Å². The van der Waals surface area contributed by atoms with Gasteiger partial charge in [0.05, 0.1) is 35.0 Å². The van der Waals surface area contributed by atoms with Crippen molar-refractivity contribution in [2.24, 2.45) is 0 Å². The van der Waals surface area contributed by atoms with Crippen molar-refractivity contribution in [3.63, 3.8) is 0 Å². The second-order valence-corrected chi connectivity index (χ2v) is 12.3. The molecule has 0 fully saturated rings. The minimum atomic E-state index is -1.37. The summed E-state index contributed by atoms with van der Waals surface area (Å²) in [5, 5.41) is 19.8. The van der Waals surface area contributed by atoms with Crippen LogP contribution in [0, 0.1) is 0 Å². The number of phenols is 1. The first-order valence-electron chi connectivity index (χ1n) is 8.88. The molecule has 2 aliphatic rings. The van der Waals surface area contributed by atoms with Gasteiger partial charge in [0, 0.05) is 17.0 Å². The largest absolute Gasteiger partial charge is 0.505 e. The van der Waals surface area contributed by atoms with Crippen LogP contribution in [-0.2, 0) is 4.79 Å². The van der Waals surface area contributed by atoms with Crippen molar-refractivity contribution >= 4 is 122 Å². The number of carboxylic acid groups (broad SMARTS) is 1. The summed E-state index contributed by atoms with van der Waals surface area (Å²) in [6.45, 7) is 0. The van der Waals surface area contributed by atoms with E-state index in [2.05, 4.69) is 63.7 Å². The number of fused-ring (bicyclic) bond motifs is 2. The zero-order valence-electron chi connectivity index (χ0n) is 15.6. The molecule has 174 valence electrons. The molecule has 0 aromatic heterocycles. The molecule has 1 heterocycles. The number of alkyl halides is 2. The van der Waals surface area contributed by atoms with Gasteiger partial charge in [-0.2, -0.15) is 0 Å². The predicted octanol–water partition coefficient (Wildman–Crippen LogP) is 8.16. The van der Waals surface area contributed by atoms with Crippen LogP contribution in [0.4, 0.5) is 0 Å². The van der Waals surface area contributed by atoms with Gasteiger partial charge in [0.2, 0.25) is 0 Å². The molecule has 5 nitrogen and oxygen atoms in total. The fourth-order valence-corrected chi connectivity index (χ4v) is 7.85. The van der Waals surface area contributed by atoms with Crippen LogP contribution < -0.4 is 4.74 Å². The van der Waals surface area contributed by atoms with Crippen LogP contribution in [0.15, 0.2) is 26.7 Å². The average molecular weight is 790 g/mol. The van der Waals surface area contributed by atoms with Gasteiger partial charge in [0.25, 0.3) is 0 Å². The highest BCUT2D eigenvalue weighted by atomic mass is 79.9. The van der Waals surface area contributed by atoms with Crippen LogP contribution in [0.3, 0.4) is 0 Å². The molecule has 2 aromatic rings. The predicted molar refractivity (Wildman–Crippen MR) is 142 cm³/mol. The summed E-state index contributed by atoms with van der Waals surface area (Å²) < 4.78 is 6.67. The maximum Gasteiger partial charge on any atom is 0.337 e. The molecule has 2 aromatic carbocycles. The third-order valence-corrected chi connectivity index (χ3v) is 10.2. The zero-order valence-corrected chi connectivity index (χ0v) is 25.0. The number of ketones is 1. The van der Waals surface area contributed by atoms with E-state index in [0.29, 0.717) is 15.6 Å². The van der Waals surface area contributed by atoms with Crippen molar-refractivity contribution in [1.29, 1.82) is 0 Å². The molecule has 4 unspecified atom stereocenters. The fraction of sp³-hybridized carbons (Fsp3) is 0.200. The van der Waals surface area contributed by atoms with Gasteiger partial charge in [-0.05, 0) is 43.5 Å². The van der Waals surface area contributed by atoms with Crippen molar-refractivity contribution in [1.82, 2.24) is 0 Å². The Balaban J connectivity index is 2.17. The summed E-state index contributed by atoms with van der Waals surface area (Å²) in [7, 11) is 0. The molecule has 33 heavy (non-hydrogen) atoms. The molecular weight excluding hydrogens is 782 g/mol. The van der Waals surface area contributed by atoms with E-state index in [1.165, 1.54) is 0 Å². The number of benzene rings is 2. The van der Waals surface area contributed by atoms with Crippen molar-refractivity contribution < 1.29 is 24.5 Å². The molecule has 1 aliphatic heterocycles. The lowest BCUT2D eigenvalue weighted by Gasteiger charge is -2.41. The minimum absolute atomic E-state index is 0.0857. The van der Waals surface area contributed by atoms with Crippen LogP contribution >= 0.6 is 110 Å². The first-order valence-corrected chi connectivity index (χ1v) is 13.8. The zero-order chi connectivity index (χ0) is 24.5. The molecule has 2 N–H and O–H groups in total. The third-order valence-electron chi connectivity index (χ3n) is 5.35. The highest BCUT2D eigenvalue weighted by Gasteiger charge is 2.48. The van der Waals surface area contributed by atoms with Gasteiger partial charge in [0.1, 0.15) is 26.9 Å². The molecule has 4 atom stereocenters. The van der Waals surface area contributed by atoms with E-state index in [4.69, 9.17) is 51.1 Å². The SMILES string of the molecule is O=C(O)c1c(Cl)c(Cl)c(Cl)c(Cl)c1C1C2=CC(Br)C(=O)C(Br)C2Oc2c1cc(Br)c(O)c2Br. The van der Waals surface area contributed by atoms with Crippen molar-refractivity contribution in [3.05, 3.63) is 63.4 Å². The quantitative estimate of drug-likeness (QED) is 0.139. The minimum Gasteiger partial charge on any atom is -0.505 e. The number of Topliss-reactive ketones (excluding diaryl/α,β-unsaturated/α-hetero) is 1. The van der Waals surface area contributed by atoms with E-state index in [9.17, 15) is 19.8 Å². The van der Waals surface area contributed by atoms with Crippen LogP contribution in [-0.4, -0.2) is 37.7 Å². The summed E-state index contributed by atoms with van der Waals surface area (Å²) >= 11 is 38.8. The fourth-order valence-electron chi connectivity index (χ4n) is 3.91. The maximum absolute atomic E-state index is 12.7. The summed E-state index contributed by atoms with van der Waals surface area (Å²) in [4.78, 5) is 23.5. The van der Waals surface area contributed by atoms with E-state index in [0.717, 1.165) is 0 Å². The normalized spacial score (nSPS) is 24.0. The van der Waals surface area contributed by atoms with Gasteiger partial charge in [-0.3, -0.25) is 4.79 Å². The molecule has 1 aliphatic carbocycles. The number of hydrogen-bond donors (Lipinski definition) is 2. The first-order chi connectivity index (χ1) is 15.4. The van der Waals surface area contributed by atoms with Crippen LogP contribution in [0.1, 0.15) is 27.4 Å². The Morgan fingerprint density at radius 1 is 1.03 bits per heavy atom. The summed E-state index contributed by atoms with van der Waals surface area (Å²) in [6.07, 6.45) is 0.803. The van der Waals surface area contributed by atoms with E-state index in [1.54, 1.807) is 12.1 Å². The summed E-state index contributed by atoms with van der Waals surface area (Å²) in [5.41, 5.74) is 0.765. The first kappa shape index (κ1) is 26.1. The Labute approximate surface area is 240 Å². The lowest BCUT2D eigenvalue weighted by atomic mass is 9.75. The Hall–Kier alpha value is -0.000000000000000278. The number of carbonyl (C=O) groups is 2. The molecular formula is C20H8Br4Cl4O5. The smallest absolute Gasteiger partial charge is 0.337 e. The van der Waals surface area contributed by atoms with Crippen LogP contribution in [0.25, 0.3) is 0 Å². The van der Waals surface area contributed by atoms with Crippen LogP contribution in [0.2, 0.25) is 20.1 Å². The molecule has 0 amide bonds. The number of carboxylic acids is 1. The number of halogens is 8. The van der Waals surface area contributed by atoms with Crippen molar-refractivity contribution in [2.45, 2.75) is 21.7 Å². The number of carbonyl (C=O) groups excluding carboxylic acids is 1. The van der Waals surface area contributed by atoms with E-state index < -0.39 is 27.6 Å². The molecule has 0 bridgehead atoms. The number of hydrogen-bond acceptors (Lipinski definition) is 4. The average Bonchev–Trinajstić information content (AvgIpc) is 2.76. The van der Waals surface area contributed by atoms with Gasteiger partial charge in [-0.25, -0.2) is 4.79 Å². The van der Waals surface area contributed by atoms with Crippen LogP contribution in [0.5, 0.6) is 11.5 Å². The van der Waals surface area contributed by atoms with E-state index >= 15 is 0 Å². The van der Waals surface area contributed by atoms with Gasteiger partial charge >= 0.3 is 5.97 Å². The number of aromatic carboxylic acids is 1. The molecule has 13 heteroatoms. The molecule has 0 radical (unpaired) electrons. The Bertz CT molecular complexity index is 1280. The summed E-state index contributed by atoms with van der Waals surface area (Å²) in [5.74, 6) is -2.34. The molecule has 0 spiro atoms. The monoisotopic (exact) mass is 784 g/mol. The Morgan fingerprint density at radius 2 is 1.64 bits per heavy atom. The topological polar surface area (TPSA) is 83.8 Å². The molecule has 4 rings (SSSR count). The lowest BCUT2D eigenvalue weighted by molar-refractivity contribution is -0.118. The number of aromatic hydroxyl groups is 1.